The normalized spacial score (nSPS) is 12.0. The molecule has 6 nitrogen and oxygen atoms in total. The molecule has 0 radical (unpaired) electrons. The molecule has 1 heterocycles. The number of halogens is 2. The van der Waals surface area contributed by atoms with Gasteiger partial charge in [0.1, 0.15) is 0 Å². The summed E-state index contributed by atoms with van der Waals surface area (Å²) in [6, 6.07) is 5.13. The van der Waals surface area contributed by atoms with Crippen molar-refractivity contribution in [2.24, 2.45) is 5.92 Å². The Morgan fingerprint density at radius 3 is 2.44 bits per heavy atom. The Labute approximate surface area is 157 Å². The van der Waals surface area contributed by atoms with Gasteiger partial charge in [-0.05, 0) is 31.9 Å². The van der Waals surface area contributed by atoms with E-state index in [0.29, 0.717) is 18.2 Å². The van der Waals surface area contributed by atoms with E-state index in [0.717, 1.165) is 17.3 Å². The van der Waals surface area contributed by atoms with Crippen LogP contribution in [0.25, 0.3) is 0 Å². The number of nitrogens with one attached hydrogen (secondary N) is 1. The van der Waals surface area contributed by atoms with Gasteiger partial charge in [-0.2, -0.15) is 13.9 Å². The van der Waals surface area contributed by atoms with Crippen LogP contribution in [0.4, 0.5) is 14.5 Å². The van der Waals surface area contributed by atoms with Crippen LogP contribution in [-0.2, 0) is 27.6 Å². The average molecular weight is 399 g/mol. The summed E-state index contributed by atoms with van der Waals surface area (Å²) in [4.78, 5) is 11.8. The molecular weight excluding hydrogens is 376 g/mol. The van der Waals surface area contributed by atoms with Crippen molar-refractivity contribution in [1.29, 1.82) is 0 Å². The first-order valence-corrected chi connectivity index (χ1v) is 10.0. The monoisotopic (exact) mass is 399 g/mol. The topological polar surface area (TPSA) is 81.1 Å². The molecule has 1 amide bonds. The Bertz CT molecular complexity index is 937. The maximum absolute atomic E-state index is 12.9. The number of nitrogens with zero attached hydrogens (tertiary/aromatic N) is 2. The second kappa shape index (κ2) is 8.16. The van der Waals surface area contributed by atoms with E-state index < -0.39 is 26.4 Å². The Balaban J connectivity index is 2.25. The highest BCUT2D eigenvalue weighted by Gasteiger charge is 2.29. The number of aromatic nitrogens is 2. The summed E-state index contributed by atoms with van der Waals surface area (Å²) in [6.07, 6.45) is -0.0289. The standard InChI is InChI=1S/C18H23F2N3O3S/c1-11(2)10-23-13(4)14(12(3)22-23)9-17(24)21-15-7-5-6-8-16(15)27(25,26)18(19)20/h5-8,11,18H,9-10H2,1-4H3,(H,21,24). The molecule has 0 unspecified atom stereocenters. The van der Waals surface area contributed by atoms with Crippen molar-refractivity contribution >= 4 is 21.4 Å². The van der Waals surface area contributed by atoms with Gasteiger partial charge in [0.15, 0.2) is 0 Å². The number of benzene rings is 1. The Hall–Kier alpha value is -2.29. The lowest BCUT2D eigenvalue weighted by molar-refractivity contribution is -0.115. The van der Waals surface area contributed by atoms with E-state index in [2.05, 4.69) is 24.3 Å². The molecule has 0 aliphatic heterocycles. The van der Waals surface area contributed by atoms with Gasteiger partial charge in [-0.1, -0.05) is 26.0 Å². The van der Waals surface area contributed by atoms with Crippen molar-refractivity contribution in [1.82, 2.24) is 9.78 Å². The molecule has 0 saturated carbocycles. The number of anilines is 1. The van der Waals surface area contributed by atoms with Crippen molar-refractivity contribution in [2.45, 2.75) is 51.3 Å². The highest BCUT2D eigenvalue weighted by molar-refractivity contribution is 7.91. The van der Waals surface area contributed by atoms with Gasteiger partial charge in [0.2, 0.25) is 15.7 Å². The van der Waals surface area contributed by atoms with Gasteiger partial charge in [0, 0.05) is 17.8 Å². The van der Waals surface area contributed by atoms with Gasteiger partial charge in [-0.25, -0.2) is 8.42 Å². The molecule has 148 valence electrons. The minimum atomic E-state index is -4.82. The number of amides is 1. The van der Waals surface area contributed by atoms with Crippen LogP contribution in [0.1, 0.15) is 30.8 Å². The second-order valence-electron chi connectivity index (χ2n) is 6.75. The maximum Gasteiger partial charge on any atom is 0.341 e. The van der Waals surface area contributed by atoms with Gasteiger partial charge in [-0.15, -0.1) is 0 Å². The number of sulfone groups is 1. The zero-order valence-corrected chi connectivity index (χ0v) is 16.5. The van der Waals surface area contributed by atoms with Gasteiger partial charge in [-0.3, -0.25) is 9.48 Å². The number of para-hydroxylation sites is 1. The first-order valence-electron chi connectivity index (χ1n) is 8.47. The molecule has 1 aromatic heterocycles. The highest BCUT2D eigenvalue weighted by atomic mass is 32.2. The molecule has 0 fully saturated rings. The zero-order valence-electron chi connectivity index (χ0n) is 15.7. The number of carbonyl (C=O) groups excluding carboxylic acids is 1. The first kappa shape index (κ1) is 21.0. The number of alkyl halides is 2. The number of carbonyl (C=O) groups is 1. The minimum Gasteiger partial charge on any atom is -0.325 e. The van der Waals surface area contributed by atoms with E-state index in [-0.39, 0.29) is 12.1 Å². The van der Waals surface area contributed by atoms with E-state index in [9.17, 15) is 22.0 Å². The number of rotatable bonds is 7. The fraction of sp³-hybridized carbons (Fsp3) is 0.444. The third kappa shape index (κ3) is 4.71. The molecule has 0 spiro atoms. The van der Waals surface area contributed by atoms with E-state index in [1.54, 1.807) is 6.92 Å². The fourth-order valence-corrected chi connectivity index (χ4v) is 3.67. The quantitative estimate of drug-likeness (QED) is 0.774. The smallest absolute Gasteiger partial charge is 0.325 e. The van der Waals surface area contributed by atoms with Crippen molar-refractivity contribution in [3.8, 4) is 0 Å². The molecule has 0 atom stereocenters. The van der Waals surface area contributed by atoms with Crippen LogP contribution in [0, 0.1) is 19.8 Å². The zero-order chi connectivity index (χ0) is 20.4. The molecule has 27 heavy (non-hydrogen) atoms. The molecular formula is C18H23F2N3O3S. The Kier molecular flexibility index (Phi) is 6.35. The van der Waals surface area contributed by atoms with Crippen LogP contribution in [0.15, 0.2) is 29.2 Å². The number of hydrogen-bond donors (Lipinski definition) is 1. The van der Waals surface area contributed by atoms with Crippen molar-refractivity contribution in [2.75, 3.05) is 5.32 Å². The van der Waals surface area contributed by atoms with Crippen LogP contribution in [-0.4, -0.2) is 29.9 Å². The molecule has 0 saturated heterocycles. The first-order chi connectivity index (χ1) is 12.5. The summed E-state index contributed by atoms with van der Waals surface area (Å²) in [5, 5.41) is 6.87. The molecule has 9 heteroatoms. The van der Waals surface area contributed by atoms with Gasteiger partial charge < -0.3 is 5.32 Å². The second-order valence-corrected chi connectivity index (χ2v) is 8.64. The molecule has 0 aliphatic rings. The maximum atomic E-state index is 12.9. The van der Waals surface area contributed by atoms with Gasteiger partial charge in [0.25, 0.3) is 0 Å². The SMILES string of the molecule is Cc1nn(CC(C)C)c(C)c1CC(=O)Nc1ccccc1S(=O)(=O)C(F)F. The molecule has 0 bridgehead atoms. The van der Waals surface area contributed by atoms with Crippen molar-refractivity contribution in [3.63, 3.8) is 0 Å². The van der Waals surface area contributed by atoms with Crippen LogP contribution in [0.2, 0.25) is 0 Å². The van der Waals surface area contributed by atoms with Crippen LogP contribution in [0.5, 0.6) is 0 Å². The number of hydrogen-bond acceptors (Lipinski definition) is 4. The van der Waals surface area contributed by atoms with E-state index >= 15 is 0 Å². The highest BCUT2D eigenvalue weighted by Crippen LogP contribution is 2.26. The van der Waals surface area contributed by atoms with Crippen LogP contribution >= 0.6 is 0 Å². The predicted octanol–water partition coefficient (Wildman–Crippen LogP) is 3.33. The Morgan fingerprint density at radius 2 is 1.85 bits per heavy atom. The summed E-state index contributed by atoms with van der Waals surface area (Å²) < 4.78 is 51.1. The van der Waals surface area contributed by atoms with Crippen LogP contribution < -0.4 is 5.32 Å². The van der Waals surface area contributed by atoms with E-state index in [1.165, 1.54) is 18.2 Å². The van der Waals surface area contributed by atoms with Crippen molar-refractivity contribution < 1.29 is 22.0 Å². The minimum absolute atomic E-state index is 0.0289. The van der Waals surface area contributed by atoms with Crippen molar-refractivity contribution in [3.05, 3.63) is 41.2 Å². The summed E-state index contributed by atoms with van der Waals surface area (Å²) in [6.45, 7) is 8.48. The van der Waals surface area contributed by atoms with Gasteiger partial charge in [0.05, 0.1) is 22.7 Å². The van der Waals surface area contributed by atoms with E-state index in [1.807, 2.05) is 11.6 Å². The summed E-state index contributed by atoms with van der Waals surface area (Å²) in [5.74, 6) is -3.67. The Morgan fingerprint density at radius 1 is 1.22 bits per heavy atom. The third-order valence-electron chi connectivity index (χ3n) is 4.11. The molecule has 2 aromatic rings. The lowest BCUT2D eigenvalue weighted by Gasteiger charge is -2.12. The molecule has 2 rings (SSSR count). The molecule has 1 aromatic carbocycles. The summed E-state index contributed by atoms with van der Waals surface area (Å²) in [5.41, 5.74) is 2.14. The fourth-order valence-electron chi connectivity index (χ4n) is 2.78. The average Bonchev–Trinajstić information content (AvgIpc) is 2.82. The lowest BCUT2D eigenvalue weighted by atomic mass is 10.1. The number of aryl methyl sites for hydroxylation is 1. The lowest BCUT2D eigenvalue weighted by Crippen LogP contribution is -2.19. The summed E-state index contributed by atoms with van der Waals surface area (Å²) >= 11 is 0. The molecule has 0 aliphatic carbocycles. The largest absolute Gasteiger partial charge is 0.341 e. The van der Waals surface area contributed by atoms with E-state index in [4.69, 9.17) is 0 Å². The van der Waals surface area contributed by atoms with Crippen LogP contribution in [0.3, 0.4) is 0 Å². The van der Waals surface area contributed by atoms with Gasteiger partial charge >= 0.3 is 5.76 Å². The predicted molar refractivity (Wildman–Crippen MR) is 98.5 cm³/mol. The molecule has 1 N–H and O–H groups in total. The summed E-state index contributed by atoms with van der Waals surface area (Å²) in [7, 11) is -4.82. The third-order valence-corrected chi connectivity index (χ3v) is 5.55.